The second kappa shape index (κ2) is 42.9. The predicted molar refractivity (Wildman–Crippen MR) is 227 cm³/mol. The predicted octanol–water partition coefficient (Wildman–Crippen LogP) is 11.3. The first-order valence-corrected chi connectivity index (χ1v) is 25.1. The van der Waals surface area contributed by atoms with Crippen molar-refractivity contribution >= 4 is 40.2 Å². The first-order chi connectivity index (χ1) is 26.0. The van der Waals surface area contributed by atoms with E-state index in [1.54, 1.807) is 0 Å². The Hall–Kier alpha value is -1.82. The Kier molecular flexibility index (Phi) is 41.4. The van der Waals surface area contributed by atoms with E-state index in [1.807, 2.05) is 0 Å². The number of carboxylic acid groups (broad SMARTS) is 2. The second-order valence-corrected chi connectivity index (χ2v) is 19.0. The molecule has 0 bridgehead atoms. The summed E-state index contributed by atoms with van der Waals surface area (Å²) in [6, 6.07) is 21.6. The van der Waals surface area contributed by atoms with E-state index in [9.17, 15) is 19.8 Å². The standard InChI is InChI=1S/2C18H36O2.2C6H5.Sn/c2*1-2-3-4-5-6-7-8-9-10-11-12-13-14-15-16-17-18(19)20;2*1-2-4-6-5-3-1;/h2*2-17H2,1H3,(H,19,20);2*1-5H;/q;;;;+2/p-2. The fourth-order valence-electron chi connectivity index (χ4n) is 6.49. The Morgan fingerprint density at radius 2 is 0.566 bits per heavy atom. The maximum absolute atomic E-state index is 10.2. The summed E-state index contributed by atoms with van der Waals surface area (Å²) in [7, 11) is 0. The van der Waals surface area contributed by atoms with E-state index < -0.39 is 33.1 Å². The molecule has 0 fully saturated rings. The summed E-state index contributed by atoms with van der Waals surface area (Å²) in [5.41, 5.74) is 0. The average molecular weight is 840 g/mol. The number of benzene rings is 2. The maximum atomic E-state index is 10.2. The number of hydrogen-bond donors (Lipinski definition) is 0. The van der Waals surface area contributed by atoms with Gasteiger partial charge in [-0.2, -0.15) is 0 Å². The van der Waals surface area contributed by atoms with Crippen LogP contribution >= 0.6 is 0 Å². The van der Waals surface area contributed by atoms with E-state index in [0.717, 1.165) is 25.7 Å². The SMILES string of the molecule is CCCCCCCCCCCCCCCCCC(=O)[O-].CCCCCCCCCCCCCCCCCC(=O)[O-].c1cc[c]([Sn+2][c]2ccccc2)cc1. The van der Waals surface area contributed by atoms with Crippen molar-refractivity contribution in [3.05, 3.63) is 60.7 Å². The summed E-state index contributed by atoms with van der Waals surface area (Å²) < 4.78 is 3.08. The molecule has 53 heavy (non-hydrogen) atoms. The van der Waals surface area contributed by atoms with E-state index in [4.69, 9.17) is 0 Å². The van der Waals surface area contributed by atoms with Gasteiger partial charge in [0.15, 0.2) is 0 Å². The minimum atomic E-state index is -0.903. The van der Waals surface area contributed by atoms with Gasteiger partial charge in [-0.3, -0.25) is 0 Å². The van der Waals surface area contributed by atoms with E-state index in [1.165, 1.54) is 174 Å². The van der Waals surface area contributed by atoms with Crippen molar-refractivity contribution in [1.29, 1.82) is 0 Å². The van der Waals surface area contributed by atoms with Crippen LogP contribution in [0.3, 0.4) is 0 Å². The number of carbonyl (C=O) groups excluding carboxylic acids is 2. The number of rotatable bonds is 34. The molecule has 0 amide bonds. The van der Waals surface area contributed by atoms with E-state index in [2.05, 4.69) is 74.5 Å². The van der Waals surface area contributed by atoms with Crippen molar-refractivity contribution in [3.63, 3.8) is 0 Å². The van der Waals surface area contributed by atoms with E-state index in [-0.39, 0.29) is 12.8 Å². The number of aliphatic carboxylic acids is 2. The van der Waals surface area contributed by atoms with E-state index in [0.29, 0.717) is 0 Å². The Balaban J connectivity index is 0.000000781. The van der Waals surface area contributed by atoms with Gasteiger partial charge >= 0.3 is 89.0 Å². The van der Waals surface area contributed by atoms with Crippen molar-refractivity contribution in [2.75, 3.05) is 0 Å². The van der Waals surface area contributed by atoms with Crippen LogP contribution in [-0.2, 0) is 9.59 Å². The molecule has 2 aromatic rings. The first-order valence-electron chi connectivity index (χ1n) is 22.3. The molecule has 4 nitrogen and oxygen atoms in total. The average Bonchev–Trinajstić information content (AvgIpc) is 3.16. The molecule has 0 saturated heterocycles. The van der Waals surface area contributed by atoms with Gasteiger partial charge in [0.05, 0.1) is 0 Å². The second-order valence-electron chi connectivity index (χ2n) is 15.0. The molecule has 300 valence electrons. The van der Waals surface area contributed by atoms with Crippen LogP contribution < -0.4 is 17.4 Å². The third-order valence-electron chi connectivity index (χ3n) is 9.81. The van der Waals surface area contributed by atoms with Gasteiger partial charge in [0.2, 0.25) is 0 Å². The number of unbranched alkanes of at least 4 members (excludes halogenated alkanes) is 28. The zero-order chi connectivity index (χ0) is 38.7. The Labute approximate surface area is 338 Å². The molecule has 0 unspecified atom stereocenters. The molecule has 0 atom stereocenters. The van der Waals surface area contributed by atoms with Gasteiger partial charge in [-0.25, -0.2) is 0 Å². The molecule has 0 N–H and O–H groups in total. The summed E-state index contributed by atoms with van der Waals surface area (Å²) in [5.74, 6) is -1.81. The van der Waals surface area contributed by atoms with Crippen molar-refractivity contribution < 1.29 is 19.8 Å². The number of carboxylic acids is 2. The Bertz CT molecular complexity index is 931. The van der Waals surface area contributed by atoms with Gasteiger partial charge in [-0.1, -0.05) is 194 Å². The van der Waals surface area contributed by atoms with Crippen LogP contribution in [0.2, 0.25) is 0 Å². The van der Waals surface area contributed by atoms with Crippen molar-refractivity contribution in [1.82, 2.24) is 0 Å². The Morgan fingerprint density at radius 1 is 0.358 bits per heavy atom. The van der Waals surface area contributed by atoms with Crippen molar-refractivity contribution in [2.45, 2.75) is 219 Å². The summed E-state index contributed by atoms with van der Waals surface area (Å²) in [6.07, 6.45) is 39.7. The quantitative estimate of drug-likeness (QED) is 0.0519. The van der Waals surface area contributed by atoms with Gasteiger partial charge in [0.1, 0.15) is 0 Å². The number of carbonyl (C=O) groups is 2. The van der Waals surface area contributed by atoms with Gasteiger partial charge in [0, 0.05) is 11.9 Å². The summed E-state index contributed by atoms with van der Waals surface area (Å²) in [6.45, 7) is 4.53. The molecule has 2 aromatic carbocycles. The van der Waals surface area contributed by atoms with Crippen molar-refractivity contribution in [2.24, 2.45) is 0 Å². The Morgan fingerprint density at radius 3 is 0.774 bits per heavy atom. The molecule has 0 aliphatic heterocycles. The molecular weight excluding hydrogens is 759 g/mol. The summed E-state index contributed by atoms with van der Waals surface area (Å²) >= 11 is -0.517. The molecule has 0 saturated carbocycles. The molecule has 5 heteroatoms. The molecule has 2 rings (SSSR count). The van der Waals surface area contributed by atoms with Crippen LogP contribution in [-0.4, -0.2) is 33.1 Å². The third kappa shape index (κ3) is 42.8. The third-order valence-corrected chi connectivity index (χ3v) is 13.4. The van der Waals surface area contributed by atoms with Gasteiger partial charge in [0.25, 0.3) is 0 Å². The van der Waals surface area contributed by atoms with E-state index >= 15 is 0 Å². The van der Waals surface area contributed by atoms with Crippen LogP contribution in [0.15, 0.2) is 60.7 Å². The molecule has 0 aliphatic carbocycles. The molecule has 0 heterocycles. The molecular formula is C48H80O4Sn. The zero-order valence-corrected chi connectivity index (χ0v) is 37.4. The van der Waals surface area contributed by atoms with Gasteiger partial charge in [-0.05, 0) is 25.7 Å². The van der Waals surface area contributed by atoms with Crippen LogP contribution in [0.1, 0.15) is 219 Å². The minimum absolute atomic E-state index is 0.234. The summed E-state index contributed by atoms with van der Waals surface area (Å²) in [5, 5.41) is 20.4. The fraction of sp³-hybridized carbons (Fsp3) is 0.708. The topological polar surface area (TPSA) is 80.3 Å². The zero-order valence-electron chi connectivity index (χ0n) is 34.5. The monoisotopic (exact) mass is 841 g/mol. The van der Waals surface area contributed by atoms with Gasteiger partial charge < -0.3 is 19.8 Å². The molecule has 0 aliphatic rings. The van der Waals surface area contributed by atoms with Gasteiger partial charge in [-0.15, -0.1) is 0 Å². The first kappa shape index (κ1) is 51.2. The van der Waals surface area contributed by atoms with Crippen LogP contribution in [0.25, 0.3) is 0 Å². The molecule has 0 aromatic heterocycles. The summed E-state index contributed by atoms with van der Waals surface area (Å²) in [4.78, 5) is 20.4. The molecule has 0 radical (unpaired) electrons. The van der Waals surface area contributed by atoms with Crippen LogP contribution in [0.4, 0.5) is 0 Å². The van der Waals surface area contributed by atoms with Crippen LogP contribution in [0.5, 0.6) is 0 Å². The number of hydrogen-bond acceptors (Lipinski definition) is 4. The van der Waals surface area contributed by atoms with Crippen LogP contribution in [0, 0.1) is 0 Å². The van der Waals surface area contributed by atoms with Crippen molar-refractivity contribution in [3.8, 4) is 0 Å². The fourth-order valence-corrected chi connectivity index (χ4v) is 9.49. The normalized spacial score (nSPS) is 10.5. The molecule has 0 spiro atoms.